The van der Waals surface area contributed by atoms with Gasteiger partial charge in [0.25, 0.3) is 5.56 Å². The van der Waals surface area contributed by atoms with Crippen molar-refractivity contribution in [2.24, 2.45) is 0 Å². The first-order valence-electron chi connectivity index (χ1n) is 8.94. The molecule has 1 aromatic carbocycles. The summed E-state index contributed by atoms with van der Waals surface area (Å²) in [7, 11) is -3.52. The number of halogens is 1. The second-order valence-electron chi connectivity index (χ2n) is 7.21. The smallest absolute Gasteiger partial charge is 0.254 e. The quantitative estimate of drug-likeness (QED) is 0.756. The Morgan fingerprint density at radius 2 is 1.93 bits per heavy atom. The highest BCUT2D eigenvalue weighted by molar-refractivity contribution is 7.88. The largest absolute Gasteiger partial charge is 0.487 e. The van der Waals surface area contributed by atoms with E-state index in [0.29, 0.717) is 17.4 Å². The third-order valence-electron chi connectivity index (χ3n) is 4.90. The molecule has 2 fully saturated rings. The van der Waals surface area contributed by atoms with E-state index in [0.717, 1.165) is 18.5 Å². The van der Waals surface area contributed by atoms with Crippen molar-refractivity contribution in [3.63, 3.8) is 0 Å². The molecule has 2 heterocycles. The molecule has 0 spiro atoms. The van der Waals surface area contributed by atoms with Gasteiger partial charge in [-0.3, -0.25) is 4.79 Å². The van der Waals surface area contributed by atoms with Gasteiger partial charge in [-0.2, -0.15) is 4.31 Å². The number of rotatable bonds is 6. The van der Waals surface area contributed by atoms with E-state index in [2.05, 4.69) is 0 Å². The van der Waals surface area contributed by atoms with E-state index in [9.17, 15) is 17.6 Å². The number of pyridine rings is 1. The lowest BCUT2D eigenvalue weighted by Crippen LogP contribution is -2.56. The zero-order chi connectivity index (χ0) is 19.2. The standard InChI is InChI=1S/C19H21FN2O4S/c1-13-7-17(9-19(23)22(13)16-5-6-16)26-18-10-21(11-18)27(24,25)12-14-3-2-4-15(20)8-14/h2-4,7-9,16,18H,5-6,10-12H2,1H3. The highest BCUT2D eigenvalue weighted by Crippen LogP contribution is 2.35. The van der Waals surface area contributed by atoms with Crippen molar-refractivity contribution < 1.29 is 17.5 Å². The molecular weight excluding hydrogens is 371 g/mol. The van der Waals surface area contributed by atoms with Crippen LogP contribution in [0.3, 0.4) is 0 Å². The fraction of sp³-hybridized carbons (Fsp3) is 0.421. The molecule has 8 heteroatoms. The van der Waals surface area contributed by atoms with Crippen molar-refractivity contribution in [3.8, 4) is 5.75 Å². The summed E-state index contributed by atoms with van der Waals surface area (Å²) in [5.74, 6) is -0.223. The number of aryl methyl sites for hydroxylation is 1. The number of nitrogens with zero attached hydrogens (tertiary/aromatic N) is 2. The van der Waals surface area contributed by atoms with Crippen LogP contribution in [0.1, 0.15) is 30.1 Å². The number of hydrogen-bond donors (Lipinski definition) is 0. The Labute approximate surface area is 157 Å². The molecule has 1 aliphatic heterocycles. The van der Waals surface area contributed by atoms with Crippen molar-refractivity contribution in [3.05, 3.63) is 63.8 Å². The molecule has 2 aromatic rings. The lowest BCUT2D eigenvalue weighted by atomic mass is 10.2. The van der Waals surface area contributed by atoms with E-state index in [1.165, 1.54) is 28.6 Å². The predicted molar refractivity (Wildman–Crippen MR) is 98.7 cm³/mol. The molecule has 0 atom stereocenters. The van der Waals surface area contributed by atoms with E-state index in [4.69, 9.17) is 4.74 Å². The second-order valence-corrected chi connectivity index (χ2v) is 9.18. The van der Waals surface area contributed by atoms with Crippen LogP contribution in [0.4, 0.5) is 4.39 Å². The molecule has 0 bridgehead atoms. The molecule has 1 saturated carbocycles. The lowest BCUT2D eigenvalue weighted by Gasteiger charge is -2.37. The first-order chi connectivity index (χ1) is 12.8. The summed E-state index contributed by atoms with van der Waals surface area (Å²) in [5.41, 5.74) is 1.19. The molecule has 1 aromatic heterocycles. The molecule has 2 aliphatic rings. The summed E-state index contributed by atoms with van der Waals surface area (Å²) >= 11 is 0. The molecule has 0 N–H and O–H groups in total. The van der Waals surface area contributed by atoms with Crippen LogP contribution >= 0.6 is 0 Å². The fourth-order valence-corrected chi connectivity index (χ4v) is 4.94. The fourth-order valence-electron chi connectivity index (χ4n) is 3.37. The Balaban J connectivity index is 1.37. The van der Waals surface area contributed by atoms with Crippen molar-refractivity contribution >= 4 is 10.0 Å². The Morgan fingerprint density at radius 3 is 2.56 bits per heavy atom. The SMILES string of the molecule is Cc1cc(OC2CN(S(=O)(=O)Cc3cccc(F)c3)C2)cc(=O)n1C1CC1. The van der Waals surface area contributed by atoms with Gasteiger partial charge in [-0.05, 0) is 43.5 Å². The monoisotopic (exact) mass is 392 g/mol. The van der Waals surface area contributed by atoms with Crippen molar-refractivity contribution in [1.29, 1.82) is 0 Å². The number of benzene rings is 1. The van der Waals surface area contributed by atoms with Crippen LogP contribution < -0.4 is 10.3 Å². The molecule has 144 valence electrons. The van der Waals surface area contributed by atoms with E-state index < -0.39 is 15.8 Å². The van der Waals surface area contributed by atoms with Gasteiger partial charge in [0.1, 0.15) is 17.7 Å². The maximum Gasteiger partial charge on any atom is 0.254 e. The normalized spacial score (nSPS) is 18.3. The summed E-state index contributed by atoms with van der Waals surface area (Å²) < 4.78 is 47.0. The number of aromatic nitrogens is 1. The van der Waals surface area contributed by atoms with Gasteiger partial charge in [0, 0.05) is 17.8 Å². The molecule has 1 saturated heterocycles. The minimum Gasteiger partial charge on any atom is -0.487 e. The van der Waals surface area contributed by atoms with Crippen LogP contribution in [0.5, 0.6) is 5.75 Å². The molecule has 0 amide bonds. The van der Waals surface area contributed by atoms with Gasteiger partial charge < -0.3 is 9.30 Å². The molecule has 1 aliphatic carbocycles. The maximum atomic E-state index is 13.2. The van der Waals surface area contributed by atoms with Gasteiger partial charge in [0.2, 0.25) is 10.0 Å². The summed E-state index contributed by atoms with van der Waals surface area (Å²) in [6, 6.07) is 9.18. The Kier molecular flexibility index (Phi) is 4.55. The van der Waals surface area contributed by atoms with Gasteiger partial charge in [0.05, 0.1) is 18.8 Å². The molecular formula is C19H21FN2O4S. The first kappa shape index (κ1) is 18.2. The minimum atomic E-state index is -3.52. The average Bonchev–Trinajstić information content (AvgIpc) is 3.34. The molecule has 27 heavy (non-hydrogen) atoms. The van der Waals surface area contributed by atoms with Gasteiger partial charge >= 0.3 is 0 Å². The van der Waals surface area contributed by atoms with Crippen LogP contribution in [0, 0.1) is 12.7 Å². The summed E-state index contributed by atoms with van der Waals surface area (Å²) in [5, 5.41) is 0. The third-order valence-corrected chi connectivity index (χ3v) is 6.68. The highest BCUT2D eigenvalue weighted by atomic mass is 32.2. The maximum absolute atomic E-state index is 13.2. The van der Waals surface area contributed by atoms with Crippen LogP contribution in [0.25, 0.3) is 0 Å². The van der Waals surface area contributed by atoms with Crippen LogP contribution in [-0.4, -0.2) is 36.5 Å². The summed E-state index contributed by atoms with van der Waals surface area (Å²) in [6.45, 7) is 2.33. The van der Waals surface area contributed by atoms with E-state index in [1.807, 2.05) is 13.0 Å². The topological polar surface area (TPSA) is 68.6 Å². The Bertz CT molecular complexity index is 1020. The number of ether oxygens (including phenoxy) is 1. The van der Waals surface area contributed by atoms with Crippen LogP contribution in [-0.2, 0) is 15.8 Å². The molecule has 0 unspecified atom stereocenters. The van der Waals surface area contributed by atoms with Crippen molar-refractivity contribution in [2.75, 3.05) is 13.1 Å². The third kappa shape index (κ3) is 3.91. The van der Waals surface area contributed by atoms with Crippen molar-refractivity contribution in [1.82, 2.24) is 8.87 Å². The Morgan fingerprint density at radius 1 is 1.19 bits per heavy atom. The minimum absolute atomic E-state index is 0.0811. The zero-order valence-electron chi connectivity index (χ0n) is 15.0. The summed E-state index contributed by atoms with van der Waals surface area (Å²) in [4.78, 5) is 12.2. The highest BCUT2D eigenvalue weighted by Gasteiger charge is 2.37. The second kappa shape index (κ2) is 6.76. The van der Waals surface area contributed by atoms with Crippen LogP contribution in [0.15, 0.2) is 41.2 Å². The first-order valence-corrected chi connectivity index (χ1v) is 10.5. The van der Waals surface area contributed by atoms with Gasteiger partial charge in [-0.25, -0.2) is 12.8 Å². The molecule has 6 nitrogen and oxygen atoms in total. The molecule has 4 rings (SSSR count). The van der Waals surface area contributed by atoms with Gasteiger partial charge in [-0.15, -0.1) is 0 Å². The summed E-state index contributed by atoms with van der Waals surface area (Å²) in [6.07, 6.45) is 1.77. The zero-order valence-corrected chi connectivity index (χ0v) is 15.8. The molecule has 0 radical (unpaired) electrons. The Hall–Kier alpha value is -2.19. The van der Waals surface area contributed by atoms with Gasteiger partial charge in [-0.1, -0.05) is 12.1 Å². The van der Waals surface area contributed by atoms with Crippen molar-refractivity contribution in [2.45, 2.75) is 37.7 Å². The average molecular weight is 392 g/mol. The predicted octanol–water partition coefficient (Wildman–Crippen LogP) is 2.22. The van der Waals surface area contributed by atoms with Crippen LogP contribution in [0.2, 0.25) is 0 Å². The number of sulfonamides is 1. The van der Waals surface area contributed by atoms with Gasteiger partial charge in [0.15, 0.2) is 0 Å². The lowest BCUT2D eigenvalue weighted by molar-refractivity contribution is 0.0757. The van der Waals surface area contributed by atoms with E-state index in [1.54, 1.807) is 10.6 Å². The van der Waals surface area contributed by atoms with E-state index >= 15 is 0 Å². The van der Waals surface area contributed by atoms with E-state index in [-0.39, 0.29) is 30.5 Å². The number of hydrogen-bond acceptors (Lipinski definition) is 4.